The van der Waals surface area contributed by atoms with Crippen LogP contribution in [0.5, 0.6) is 0 Å². The van der Waals surface area contributed by atoms with Gasteiger partial charge in [-0.25, -0.2) is 9.78 Å². The van der Waals surface area contributed by atoms with Gasteiger partial charge in [-0.3, -0.25) is 4.98 Å². The van der Waals surface area contributed by atoms with Crippen LogP contribution in [0.1, 0.15) is 16.1 Å². The molecule has 0 bridgehead atoms. The van der Waals surface area contributed by atoms with Gasteiger partial charge in [-0.15, -0.1) is 0 Å². The van der Waals surface area contributed by atoms with Crippen LogP contribution in [-0.4, -0.2) is 27.6 Å². The monoisotopic (exact) mass is 249 g/mol. The molecular formula is C11H11N3O2S. The van der Waals surface area contributed by atoms with E-state index in [1.165, 1.54) is 18.0 Å². The number of anilines is 1. The maximum Gasteiger partial charge on any atom is 0.356 e. The molecular weight excluding hydrogens is 238 g/mol. The van der Waals surface area contributed by atoms with Crippen LogP contribution in [0.4, 0.5) is 5.82 Å². The smallest absolute Gasteiger partial charge is 0.356 e. The molecule has 2 aromatic heterocycles. The van der Waals surface area contributed by atoms with Crippen LogP contribution in [0, 0.1) is 0 Å². The van der Waals surface area contributed by atoms with Gasteiger partial charge in [-0.2, -0.15) is 11.3 Å². The molecule has 0 saturated carbocycles. The molecule has 0 fully saturated rings. The summed E-state index contributed by atoms with van der Waals surface area (Å²) < 4.78 is 0. The second-order valence-electron chi connectivity index (χ2n) is 3.40. The number of aromatic nitrogens is 2. The standard InChI is InChI=1S/C11H11N3O2S/c15-11(16)9-5-12-6-10(14-9)13-3-1-8-2-4-17-7-8/h2,4-7H,1,3H2,(H,13,14)(H,15,16). The van der Waals surface area contributed by atoms with E-state index in [4.69, 9.17) is 5.11 Å². The maximum atomic E-state index is 10.7. The van der Waals surface area contributed by atoms with Crippen molar-refractivity contribution in [3.63, 3.8) is 0 Å². The van der Waals surface area contributed by atoms with Crippen molar-refractivity contribution in [3.8, 4) is 0 Å². The van der Waals surface area contributed by atoms with Gasteiger partial charge in [0, 0.05) is 6.54 Å². The van der Waals surface area contributed by atoms with E-state index in [1.807, 2.05) is 5.38 Å². The van der Waals surface area contributed by atoms with E-state index < -0.39 is 5.97 Å². The van der Waals surface area contributed by atoms with Crippen LogP contribution in [0.15, 0.2) is 29.2 Å². The van der Waals surface area contributed by atoms with Gasteiger partial charge in [0.2, 0.25) is 0 Å². The number of carbonyl (C=O) groups is 1. The minimum atomic E-state index is -1.07. The molecule has 0 unspecified atom stereocenters. The molecule has 0 spiro atoms. The van der Waals surface area contributed by atoms with Gasteiger partial charge in [-0.1, -0.05) is 0 Å². The second-order valence-corrected chi connectivity index (χ2v) is 4.18. The van der Waals surface area contributed by atoms with E-state index in [0.29, 0.717) is 12.4 Å². The number of nitrogens with zero attached hydrogens (tertiary/aromatic N) is 2. The van der Waals surface area contributed by atoms with E-state index in [1.54, 1.807) is 11.3 Å². The quantitative estimate of drug-likeness (QED) is 0.846. The molecule has 0 aromatic carbocycles. The Balaban J connectivity index is 1.90. The molecule has 6 heteroatoms. The van der Waals surface area contributed by atoms with E-state index in [2.05, 4.69) is 26.7 Å². The number of rotatable bonds is 5. The first-order valence-electron chi connectivity index (χ1n) is 5.06. The Morgan fingerprint density at radius 1 is 1.47 bits per heavy atom. The summed E-state index contributed by atoms with van der Waals surface area (Å²) in [4.78, 5) is 18.4. The van der Waals surface area contributed by atoms with E-state index in [-0.39, 0.29) is 5.69 Å². The summed E-state index contributed by atoms with van der Waals surface area (Å²) in [7, 11) is 0. The summed E-state index contributed by atoms with van der Waals surface area (Å²) in [6.45, 7) is 0.703. The molecule has 2 heterocycles. The molecule has 0 aliphatic carbocycles. The largest absolute Gasteiger partial charge is 0.476 e. The first-order chi connectivity index (χ1) is 8.25. The summed E-state index contributed by atoms with van der Waals surface area (Å²) in [6.07, 6.45) is 3.62. The van der Waals surface area contributed by atoms with Crippen molar-refractivity contribution in [2.45, 2.75) is 6.42 Å². The molecule has 0 radical (unpaired) electrons. The molecule has 5 nitrogen and oxygen atoms in total. The summed E-state index contributed by atoms with van der Waals surface area (Å²) in [6, 6.07) is 2.06. The third kappa shape index (κ3) is 3.25. The topological polar surface area (TPSA) is 75.1 Å². The van der Waals surface area contributed by atoms with Crippen molar-refractivity contribution in [1.82, 2.24) is 9.97 Å². The third-order valence-electron chi connectivity index (χ3n) is 2.15. The van der Waals surface area contributed by atoms with Gasteiger partial charge in [-0.05, 0) is 28.8 Å². The number of hydrogen-bond donors (Lipinski definition) is 2. The highest BCUT2D eigenvalue weighted by molar-refractivity contribution is 7.07. The van der Waals surface area contributed by atoms with Crippen molar-refractivity contribution >= 4 is 23.1 Å². The number of carboxylic acid groups (broad SMARTS) is 1. The molecule has 0 aliphatic rings. The van der Waals surface area contributed by atoms with Crippen molar-refractivity contribution < 1.29 is 9.90 Å². The SMILES string of the molecule is O=C(O)c1cncc(NCCc2ccsc2)n1. The zero-order valence-corrected chi connectivity index (χ0v) is 9.78. The van der Waals surface area contributed by atoms with E-state index in [9.17, 15) is 4.79 Å². The highest BCUT2D eigenvalue weighted by Gasteiger charge is 2.05. The fourth-order valence-corrected chi connectivity index (χ4v) is 2.03. The van der Waals surface area contributed by atoms with Crippen molar-refractivity contribution in [2.75, 3.05) is 11.9 Å². The van der Waals surface area contributed by atoms with E-state index in [0.717, 1.165) is 6.42 Å². The van der Waals surface area contributed by atoms with Gasteiger partial charge < -0.3 is 10.4 Å². The lowest BCUT2D eigenvalue weighted by molar-refractivity contribution is 0.0690. The molecule has 2 N–H and O–H groups in total. The lowest BCUT2D eigenvalue weighted by Crippen LogP contribution is -2.09. The van der Waals surface area contributed by atoms with Gasteiger partial charge in [0.15, 0.2) is 5.69 Å². The van der Waals surface area contributed by atoms with Crippen LogP contribution < -0.4 is 5.32 Å². The van der Waals surface area contributed by atoms with E-state index >= 15 is 0 Å². The summed E-state index contributed by atoms with van der Waals surface area (Å²) in [5, 5.41) is 15.9. The minimum absolute atomic E-state index is 0.0504. The Bertz CT molecular complexity index is 499. The molecule has 17 heavy (non-hydrogen) atoms. The number of hydrogen-bond acceptors (Lipinski definition) is 5. The Kier molecular flexibility index (Phi) is 3.66. The normalized spacial score (nSPS) is 10.1. The van der Waals surface area contributed by atoms with Crippen LogP contribution >= 0.6 is 11.3 Å². The molecule has 0 atom stereocenters. The fourth-order valence-electron chi connectivity index (χ4n) is 1.32. The Labute approximate surface area is 102 Å². The molecule has 0 saturated heterocycles. The van der Waals surface area contributed by atoms with Gasteiger partial charge >= 0.3 is 5.97 Å². The van der Waals surface area contributed by atoms with Gasteiger partial charge in [0.25, 0.3) is 0 Å². The first kappa shape index (κ1) is 11.5. The third-order valence-corrected chi connectivity index (χ3v) is 2.89. The van der Waals surface area contributed by atoms with Gasteiger partial charge in [0.1, 0.15) is 5.82 Å². The first-order valence-corrected chi connectivity index (χ1v) is 6.00. The van der Waals surface area contributed by atoms with Crippen LogP contribution in [0.3, 0.4) is 0 Å². The fraction of sp³-hybridized carbons (Fsp3) is 0.182. The molecule has 2 rings (SSSR count). The summed E-state index contributed by atoms with van der Waals surface area (Å²) in [5.74, 6) is -0.584. The van der Waals surface area contributed by atoms with Gasteiger partial charge in [0.05, 0.1) is 12.4 Å². The molecule has 0 aliphatic heterocycles. The highest BCUT2D eigenvalue weighted by Crippen LogP contribution is 2.07. The predicted octanol–water partition coefficient (Wildman–Crippen LogP) is 1.89. The summed E-state index contributed by atoms with van der Waals surface area (Å²) in [5.41, 5.74) is 1.20. The highest BCUT2D eigenvalue weighted by atomic mass is 32.1. The maximum absolute atomic E-state index is 10.7. The minimum Gasteiger partial charge on any atom is -0.476 e. The number of thiophene rings is 1. The molecule has 2 aromatic rings. The Morgan fingerprint density at radius 2 is 2.35 bits per heavy atom. The van der Waals surface area contributed by atoms with Crippen molar-refractivity contribution in [3.05, 3.63) is 40.5 Å². The zero-order valence-electron chi connectivity index (χ0n) is 8.96. The predicted molar refractivity (Wildman–Crippen MR) is 65.5 cm³/mol. The number of nitrogens with one attached hydrogen (secondary N) is 1. The lowest BCUT2D eigenvalue weighted by atomic mass is 10.2. The number of carboxylic acids is 1. The average Bonchev–Trinajstić information content (AvgIpc) is 2.82. The second kappa shape index (κ2) is 5.40. The van der Waals surface area contributed by atoms with Crippen LogP contribution in [0.2, 0.25) is 0 Å². The van der Waals surface area contributed by atoms with Crippen LogP contribution in [-0.2, 0) is 6.42 Å². The number of aromatic carboxylic acids is 1. The Hall–Kier alpha value is -1.95. The average molecular weight is 249 g/mol. The van der Waals surface area contributed by atoms with Crippen molar-refractivity contribution in [1.29, 1.82) is 0 Å². The van der Waals surface area contributed by atoms with Crippen LogP contribution in [0.25, 0.3) is 0 Å². The summed E-state index contributed by atoms with van der Waals surface area (Å²) >= 11 is 1.66. The Morgan fingerprint density at radius 3 is 3.06 bits per heavy atom. The van der Waals surface area contributed by atoms with Crippen molar-refractivity contribution in [2.24, 2.45) is 0 Å². The zero-order chi connectivity index (χ0) is 12.1. The molecule has 0 amide bonds. The lowest BCUT2D eigenvalue weighted by Gasteiger charge is -2.04. The molecule has 88 valence electrons.